The SMILES string of the molecule is Cc1nn(C)cc1NC1CCCN(C)CC1. The Balaban J connectivity index is 1.96. The highest BCUT2D eigenvalue weighted by molar-refractivity contribution is 5.46. The first-order valence-electron chi connectivity index (χ1n) is 6.10. The molecule has 0 aromatic carbocycles. The minimum atomic E-state index is 0.604. The summed E-state index contributed by atoms with van der Waals surface area (Å²) >= 11 is 0. The van der Waals surface area contributed by atoms with E-state index in [1.807, 2.05) is 11.7 Å². The van der Waals surface area contributed by atoms with Crippen molar-refractivity contribution in [1.82, 2.24) is 14.7 Å². The summed E-state index contributed by atoms with van der Waals surface area (Å²) < 4.78 is 1.88. The molecule has 0 amide bonds. The Morgan fingerprint density at radius 3 is 2.81 bits per heavy atom. The van der Waals surface area contributed by atoms with E-state index in [0.717, 1.165) is 5.69 Å². The summed E-state index contributed by atoms with van der Waals surface area (Å²) in [5.41, 5.74) is 2.29. The second kappa shape index (κ2) is 4.87. The van der Waals surface area contributed by atoms with Crippen LogP contribution in [0.25, 0.3) is 0 Å². The molecular weight excluding hydrogens is 200 g/mol. The van der Waals surface area contributed by atoms with E-state index < -0.39 is 0 Å². The molecule has 16 heavy (non-hydrogen) atoms. The van der Waals surface area contributed by atoms with Gasteiger partial charge in [0, 0.05) is 19.3 Å². The normalized spacial score (nSPS) is 23.1. The van der Waals surface area contributed by atoms with Crippen LogP contribution in [0.4, 0.5) is 5.69 Å². The maximum absolute atomic E-state index is 4.36. The Hall–Kier alpha value is -1.03. The van der Waals surface area contributed by atoms with E-state index in [-0.39, 0.29) is 0 Å². The van der Waals surface area contributed by atoms with Crippen molar-refractivity contribution >= 4 is 5.69 Å². The van der Waals surface area contributed by atoms with E-state index in [1.54, 1.807) is 0 Å². The van der Waals surface area contributed by atoms with Crippen molar-refractivity contribution in [3.63, 3.8) is 0 Å². The van der Waals surface area contributed by atoms with Crippen molar-refractivity contribution in [2.45, 2.75) is 32.2 Å². The van der Waals surface area contributed by atoms with Gasteiger partial charge in [-0.1, -0.05) is 0 Å². The molecule has 90 valence electrons. The molecule has 1 aliphatic rings. The zero-order valence-electron chi connectivity index (χ0n) is 10.5. The molecule has 1 saturated heterocycles. The van der Waals surface area contributed by atoms with Crippen LogP contribution in [0.1, 0.15) is 25.0 Å². The maximum atomic E-state index is 4.36. The zero-order valence-corrected chi connectivity index (χ0v) is 10.5. The number of likely N-dealkylation sites (tertiary alicyclic amines) is 1. The third-order valence-corrected chi connectivity index (χ3v) is 3.32. The third-order valence-electron chi connectivity index (χ3n) is 3.32. The lowest BCUT2D eigenvalue weighted by atomic mass is 10.1. The average molecular weight is 222 g/mol. The first-order valence-corrected chi connectivity index (χ1v) is 6.10. The lowest BCUT2D eigenvalue weighted by Crippen LogP contribution is -2.23. The van der Waals surface area contributed by atoms with Crippen LogP contribution in [0, 0.1) is 6.92 Å². The van der Waals surface area contributed by atoms with Crippen molar-refractivity contribution in [2.75, 3.05) is 25.5 Å². The highest BCUT2D eigenvalue weighted by atomic mass is 15.3. The third kappa shape index (κ3) is 2.76. The van der Waals surface area contributed by atoms with Gasteiger partial charge in [-0.25, -0.2) is 0 Å². The fraction of sp³-hybridized carbons (Fsp3) is 0.750. The van der Waals surface area contributed by atoms with E-state index >= 15 is 0 Å². The van der Waals surface area contributed by atoms with E-state index in [2.05, 4.69) is 35.5 Å². The fourth-order valence-corrected chi connectivity index (χ4v) is 2.35. The average Bonchev–Trinajstić information content (AvgIpc) is 2.43. The number of aryl methyl sites for hydroxylation is 2. The second-order valence-corrected chi connectivity index (χ2v) is 4.88. The molecular formula is C12H22N4. The monoisotopic (exact) mass is 222 g/mol. The van der Waals surface area contributed by atoms with E-state index in [1.165, 1.54) is 38.0 Å². The second-order valence-electron chi connectivity index (χ2n) is 4.88. The molecule has 2 rings (SSSR count). The van der Waals surface area contributed by atoms with Gasteiger partial charge in [0.1, 0.15) is 0 Å². The summed E-state index contributed by atoms with van der Waals surface area (Å²) in [7, 11) is 4.18. The minimum Gasteiger partial charge on any atom is -0.380 e. The molecule has 4 heteroatoms. The van der Waals surface area contributed by atoms with Gasteiger partial charge in [-0.05, 0) is 46.3 Å². The van der Waals surface area contributed by atoms with Crippen LogP contribution in [0.2, 0.25) is 0 Å². The summed E-state index contributed by atoms with van der Waals surface area (Å²) in [6.45, 7) is 4.48. The van der Waals surface area contributed by atoms with Gasteiger partial charge in [-0.3, -0.25) is 4.68 Å². The number of aromatic nitrogens is 2. The Kier molecular flexibility index (Phi) is 3.49. The summed E-state index contributed by atoms with van der Waals surface area (Å²) in [5.74, 6) is 0. The van der Waals surface area contributed by atoms with Crippen LogP contribution in [-0.2, 0) is 7.05 Å². The molecule has 0 aliphatic carbocycles. The Bertz CT molecular complexity index is 345. The molecule has 4 nitrogen and oxygen atoms in total. The largest absolute Gasteiger partial charge is 0.380 e. The van der Waals surface area contributed by atoms with Gasteiger partial charge in [0.15, 0.2) is 0 Å². The summed E-state index contributed by atoms with van der Waals surface area (Å²) in [5, 5.41) is 7.98. The highest BCUT2D eigenvalue weighted by Gasteiger charge is 2.15. The van der Waals surface area contributed by atoms with Crippen LogP contribution >= 0.6 is 0 Å². The van der Waals surface area contributed by atoms with Gasteiger partial charge >= 0.3 is 0 Å². The molecule has 1 aromatic rings. The Labute approximate surface area is 97.6 Å². The molecule has 1 atom stereocenters. The number of anilines is 1. The van der Waals surface area contributed by atoms with Gasteiger partial charge < -0.3 is 10.2 Å². The predicted octanol–water partition coefficient (Wildman–Crippen LogP) is 1.62. The van der Waals surface area contributed by atoms with Crippen molar-refractivity contribution in [1.29, 1.82) is 0 Å². The van der Waals surface area contributed by atoms with Crippen LogP contribution in [-0.4, -0.2) is 40.9 Å². The minimum absolute atomic E-state index is 0.604. The predicted molar refractivity (Wildman–Crippen MR) is 66.7 cm³/mol. The lowest BCUT2D eigenvalue weighted by molar-refractivity contribution is 0.348. The van der Waals surface area contributed by atoms with E-state index in [4.69, 9.17) is 0 Å². The standard InChI is InChI=1S/C12H22N4/c1-10-12(9-16(3)14-10)13-11-5-4-7-15(2)8-6-11/h9,11,13H,4-8H2,1-3H3. The molecule has 0 saturated carbocycles. The molecule has 0 bridgehead atoms. The van der Waals surface area contributed by atoms with Crippen molar-refractivity contribution in [2.24, 2.45) is 7.05 Å². The summed E-state index contributed by atoms with van der Waals surface area (Å²) in [6.07, 6.45) is 5.85. The highest BCUT2D eigenvalue weighted by Crippen LogP contribution is 2.18. The fourth-order valence-electron chi connectivity index (χ4n) is 2.35. The zero-order chi connectivity index (χ0) is 11.5. The topological polar surface area (TPSA) is 33.1 Å². The van der Waals surface area contributed by atoms with Gasteiger partial charge in [0.05, 0.1) is 11.4 Å². The molecule has 1 N–H and O–H groups in total. The lowest BCUT2D eigenvalue weighted by Gasteiger charge is -2.17. The van der Waals surface area contributed by atoms with Crippen LogP contribution < -0.4 is 5.32 Å². The first kappa shape index (κ1) is 11.5. The van der Waals surface area contributed by atoms with E-state index in [0.29, 0.717) is 6.04 Å². The van der Waals surface area contributed by atoms with Gasteiger partial charge in [-0.2, -0.15) is 5.10 Å². The Morgan fingerprint density at radius 2 is 2.12 bits per heavy atom. The van der Waals surface area contributed by atoms with Crippen molar-refractivity contribution in [3.8, 4) is 0 Å². The van der Waals surface area contributed by atoms with Gasteiger partial charge in [0.25, 0.3) is 0 Å². The molecule has 2 heterocycles. The molecule has 0 radical (unpaired) electrons. The molecule has 1 fully saturated rings. The Morgan fingerprint density at radius 1 is 1.31 bits per heavy atom. The summed E-state index contributed by atoms with van der Waals surface area (Å²) in [6, 6.07) is 0.604. The number of hydrogen-bond donors (Lipinski definition) is 1. The first-order chi connectivity index (χ1) is 7.65. The number of rotatable bonds is 2. The quantitative estimate of drug-likeness (QED) is 0.825. The number of nitrogens with one attached hydrogen (secondary N) is 1. The van der Waals surface area contributed by atoms with Crippen molar-refractivity contribution in [3.05, 3.63) is 11.9 Å². The van der Waals surface area contributed by atoms with Crippen LogP contribution in [0.15, 0.2) is 6.20 Å². The number of nitrogens with zero attached hydrogens (tertiary/aromatic N) is 3. The smallest absolute Gasteiger partial charge is 0.0825 e. The maximum Gasteiger partial charge on any atom is 0.0825 e. The van der Waals surface area contributed by atoms with Crippen LogP contribution in [0.5, 0.6) is 0 Å². The van der Waals surface area contributed by atoms with Gasteiger partial charge in [0.2, 0.25) is 0 Å². The summed E-state index contributed by atoms with van der Waals surface area (Å²) in [4.78, 5) is 2.41. The molecule has 1 aliphatic heterocycles. The van der Waals surface area contributed by atoms with Crippen molar-refractivity contribution < 1.29 is 0 Å². The molecule has 1 aromatic heterocycles. The van der Waals surface area contributed by atoms with E-state index in [9.17, 15) is 0 Å². The van der Waals surface area contributed by atoms with Gasteiger partial charge in [-0.15, -0.1) is 0 Å². The number of hydrogen-bond acceptors (Lipinski definition) is 3. The van der Waals surface area contributed by atoms with Crippen LogP contribution in [0.3, 0.4) is 0 Å². The molecule has 1 unspecified atom stereocenters. The molecule has 0 spiro atoms.